The monoisotopic (exact) mass is 610 g/mol. The predicted octanol–water partition coefficient (Wildman–Crippen LogP) is -1.03. The summed E-state index contributed by atoms with van der Waals surface area (Å²) in [6.07, 6.45) is -1.01. The van der Waals surface area contributed by atoms with Gasteiger partial charge in [-0.2, -0.15) is 18.4 Å². The van der Waals surface area contributed by atoms with E-state index >= 15 is 0 Å². The molecule has 205 valence electrons. The Morgan fingerprint density at radius 2 is 1.87 bits per heavy atom. The number of benzene rings is 2. The van der Waals surface area contributed by atoms with E-state index < -0.39 is 34.0 Å². The second-order valence-electron chi connectivity index (χ2n) is 8.23. The van der Waals surface area contributed by atoms with Gasteiger partial charge in [-0.05, 0) is 55.4 Å². The Morgan fingerprint density at radius 1 is 1.23 bits per heavy atom. The van der Waals surface area contributed by atoms with Crippen LogP contribution in [0, 0.1) is 25.2 Å². The fourth-order valence-electron chi connectivity index (χ4n) is 3.75. The third kappa shape index (κ3) is 9.07. The van der Waals surface area contributed by atoms with Crippen LogP contribution in [0.4, 0.5) is 24.5 Å². The molecule has 0 aliphatic carbocycles. The van der Waals surface area contributed by atoms with Crippen LogP contribution in [0.1, 0.15) is 17.5 Å². The first-order chi connectivity index (χ1) is 17.8. The second-order valence-corrected chi connectivity index (χ2v) is 10.3. The predicted molar refractivity (Wildman–Crippen MR) is 134 cm³/mol. The number of aromatic nitrogens is 4. The number of H-pyrrole nitrogens is 1. The molecule has 39 heavy (non-hydrogen) atoms. The molecule has 3 aromatic rings. The average molecular weight is 611 g/mol. The molecular formula is C22H24F3KN7O4S2. The fourth-order valence-corrected chi connectivity index (χ4v) is 4.61. The summed E-state index contributed by atoms with van der Waals surface area (Å²) in [5.41, 5.74) is -2.21. The van der Waals surface area contributed by atoms with Crippen molar-refractivity contribution in [3.63, 3.8) is 0 Å². The van der Waals surface area contributed by atoms with Gasteiger partial charge in [-0.3, -0.25) is 0 Å². The van der Waals surface area contributed by atoms with Crippen molar-refractivity contribution in [3.8, 4) is 5.69 Å². The average Bonchev–Trinajstić information content (AvgIpc) is 3.23. The van der Waals surface area contributed by atoms with E-state index in [9.17, 15) is 31.5 Å². The van der Waals surface area contributed by atoms with Gasteiger partial charge < -0.3 is 20.1 Å². The zero-order chi connectivity index (χ0) is 28.1. The Hall–Kier alpha value is -1.86. The smallest absolute Gasteiger partial charge is 0.550 e. The maximum absolute atomic E-state index is 13.0. The second kappa shape index (κ2) is 14.2. The van der Waals surface area contributed by atoms with Gasteiger partial charge >= 0.3 is 66.9 Å². The molecule has 0 aliphatic rings. The summed E-state index contributed by atoms with van der Waals surface area (Å²) >= 11 is 5.10. The van der Waals surface area contributed by atoms with Crippen molar-refractivity contribution in [2.24, 2.45) is 0 Å². The fraction of sp³-hybridized carbons (Fsp3) is 0.318. The van der Waals surface area contributed by atoms with E-state index in [1.54, 1.807) is 56.3 Å². The molecule has 0 bridgehead atoms. The number of aryl methyl sites for hydroxylation is 2. The molecule has 1 atom stereocenters. The van der Waals surface area contributed by atoms with Crippen LogP contribution >= 0.6 is 12.2 Å². The van der Waals surface area contributed by atoms with Crippen LogP contribution in [0.15, 0.2) is 42.5 Å². The number of carbonyl (C=O) groups is 1. The van der Waals surface area contributed by atoms with Crippen LogP contribution in [-0.4, -0.2) is 59.2 Å². The van der Waals surface area contributed by atoms with Crippen LogP contribution in [0.3, 0.4) is 0 Å². The number of alkyl halides is 3. The number of aromatic amines is 1. The first kappa shape index (κ1) is 33.3. The number of rotatable bonds is 12. The first-order valence-electron chi connectivity index (χ1n) is 11.1. The summed E-state index contributed by atoms with van der Waals surface area (Å²) < 4.78 is 65.6. The quantitative estimate of drug-likeness (QED) is 0.173. The minimum absolute atomic E-state index is 0. The minimum Gasteiger partial charge on any atom is -0.550 e. The van der Waals surface area contributed by atoms with Crippen LogP contribution in [-0.2, 0) is 14.8 Å². The van der Waals surface area contributed by atoms with Crippen molar-refractivity contribution < 1.29 is 82.9 Å². The molecule has 0 aliphatic heterocycles. The number of aliphatic carboxylic acids is 1. The summed E-state index contributed by atoms with van der Waals surface area (Å²) in [4.78, 5) is 12.8. The maximum atomic E-state index is 13.0. The number of carbonyl (C=O) groups excluding carboxylic acids is 1. The van der Waals surface area contributed by atoms with Gasteiger partial charge in [0.25, 0.3) is 0 Å². The molecule has 2 aromatic carbocycles. The molecule has 1 unspecified atom stereocenters. The molecule has 1 heterocycles. The van der Waals surface area contributed by atoms with E-state index in [0.717, 1.165) is 17.7 Å². The van der Waals surface area contributed by atoms with E-state index in [0.29, 0.717) is 17.1 Å². The number of anilines is 2. The zero-order valence-corrected chi connectivity index (χ0v) is 25.9. The van der Waals surface area contributed by atoms with Gasteiger partial charge in [0.15, 0.2) is 0 Å². The Kier molecular flexibility index (Phi) is 12.1. The van der Waals surface area contributed by atoms with Gasteiger partial charge in [-0.15, -0.1) is 0 Å². The number of hydrogen-bond acceptors (Lipinski definition) is 9. The number of hydrogen-bond donors (Lipinski definition) is 3. The van der Waals surface area contributed by atoms with Gasteiger partial charge in [0, 0.05) is 42.9 Å². The summed E-state index contributed by atoms with van der Waals surface area (Å²) in [6, 6.07) is 10.7. The number of carboxylic acids is 1. The van der Waals surface area contributed by atoms with E-state index in [4.69, 9.17) is 12.2 Å². The number of sulfonamides is 1. The van der Waals surface area contributed by atoms with Crippen LogP contribution < -0.4 is 71.4 Å². The Morgan fingerprint density at radius 3 is 2.44 bits per heavy atom. The molecule has 11 nitrogen and oxygen atoms in total. The number of halogens is 3. The summed E-state index contributed by atoms with van der Waals surface area (Å²) in [5.74, 6) is -1.72. The summed E-state index contributed by atoms with van der Waals surface area (Å²) in [7, 11) is -5.82. The van der Waals surface area contributed by atoms with Crippen molar-refractivity contribution in [3.05, 3.63) is 64.9 Å². The molecule has 17 heteroatoms. The molecule has 0 saturated carbocycles. The zero-order valence-electron chi connectivity index (χ0n) is 21.2. The van der Waals surface area contributed by atoms with Gasteiger partial charge in [0.1, 0.15) is 0 Å². The third-order valence-corrected chi connectivity index (χ3v) is 6.83. The molecule has 0 amide bonds. The van der Waals surface area contributed by atoms with Gasteiger partial charge in [-0.25, -0.2) is 17.8 Å². The molecule has 0 saturated heterocycles. The molecule has 1 aromatic heterocycles. The number of carboxylic acid groups (broad SMARTS) is 1. The molecule has 0 spiro atoms. The van der Waals surface area contributed by atoms with E-state index in [2.05, 4.69) is 20.8 Å². The molecule has 0 fully saturated rings. The van der Waals surface area contributed by atoms with Crippen LogP contribution in [0.2, 0.25) is 0 Å². The standard InChI is InChI=1S/C22H25F3N7O4S2.K/c1-14-5-3-6-15(2)20(14)31(13-17(12-19(33)34)28-38(35,36)22(23,24)25)10-9-26-16-7-4-8-18(11-16)32-21(37)27-29-30-32;/h3-8,11,13,17,26,28H,9-10,12H2,1-2H3,(H,33,34)(H,27,30,37);/q;+1/p-1. The number of nitrogens with zero attached hydrogens (tertiary/aromatic N) is 4. The third-order valence-electron chi connectivity index (χ3n) is 5.34. The van der Waals surface area contributed by atoms with Gasteiger partial charge in [0.2, 0.25) is 4.77 Å². The number of nitrogens with one attached hydrogen (secondary N) is 3. The van der Waals surface area contributed by atoms with Crippen molar-refractivity contribution >= 4 is 39.6 Å². The Bertz CT molecular complexity index is 1430. The maximum Gasteiger partial charge on any atom is 1.00 e. The summed E-state index contributed by atoms with van der Waals surface area (Å²) in [6.45, 7) is 5.04. The molecule has 3 N–H and O–H groups in total. The van der Waals surface area contributed by atoms with Gasteiger partial charge in [-0.1, -0.05) is 34.6 Å². The first-order valence-corrected chi connectivity index (χ1v) is 13.0. The SMILES string of the molecule is Cc1cccc(C)c1N([CH]C(CC(=O)[O-])NS(=O)(=O)C(F)(F)F)CCNc1cccc(-n2[nH]nnc2=S)c1.[K+]. The molecular weight excluding hydrogens is 587 g/mol. The van der Waals surface area contributed by atoms with Crippen molar-refractivity contribution in [2.45, 2.75) is 31.8 Å². The number of tetrazole rings is 1. The Labute approximate surface area is 270 Å². The molecule has 3 rings (SSSR count). The van der Waals surface area contributed by atoms with Crippen LogP contribution in [0.25, 0.3) is 5.69 Å². The normalized spacial score (nSPS) is 12.4. The van der Waals surface area contributed by atoms with E-state index in [1.165, 1.54) is 14.3 Å². The Balaban J connectivity index is 0.00000533. The van der Waals surface area contributed by atoms with Crippen molar-refractivity contribution in [1.29, 1.82) is 0 Å². The van der Waals surface area contributed by atoms with Crippen molar-refractivity contribution in [2.75, 3.05) is 23.3 Å². The van der Waals surface area contributed by atoms with Gasteiger partial charge in [0.05, 0.1) is 12.2 Å². The van der Waals surface area contributed by atoms with E-state index in [-0.39, 0.29) is 69.2 Å². The van der Waals surface area contributed by atoms with Crippen LogP contribution in [0.5, 0.6) is 0 Å². The van der Waals surface area contributed by atoms with E-state index in [1.807, 2.05) is 0 Å². The summed E-state index contributed by atoms with van der Waals surface area (Å²) in [5, 5.41) is 24.4. The largest absolute Gasteiger partial charge is 1.00 e. The topological polar surface area (TPSA) is 148 Å². The molecule has 1 radical (unpaired) electrons. The van der Waals surface area contributed by atoms with Crippen molar-refractivity contribution in [1.82, 2.24) is 24.9 Å². The number of para-hydroxylation sites is 1. The minimum atomic E-state index is -5.82.